The lowest BCUT2D eigenvalue weighted by atomic mass is 10.1. The van der Waals surface area contributed by atoms with Crippen molar-refractivity contribution in [1.29, 1.82) is 0 Å². The lowest BCUT2D eigenvalue weighted by molar-refractivity contribution is -0.122. The minimum absolute atomic E-state index is 0.273. The van der Waals surface area contributed by atoms with Crippen molar-refractivity contribution < 1.29 is 22.9 Å². The average Bonchev–Trinajstić information content (AvgIpc) is 3.08. The van der Waals surface area contributed by atoms with E-state index in [1.165, 1.54) is 109 Å². The van der Waals surface area contributed by atoms with E-state index < -0.39 is 28.0 Å². The number of rotatable bonds is 36. The zero-order chi connectivity index (χ0) is 36.8. The van der Waals surface area contributed by atoms with Crippen molar-refractivity contribution in [3.05, 3.63) is 60.8 Å². The van der Waals surface area contributed by atoms with Gasteiger partial charge in [-0.25, -0.2) is 0 Å². The molecule has 0 bridgehead atoms. The van der Waals surface area contributed by atoms with Gasteiger partial charge in [-0.15, -0.1) is 0 Å². The second kappa shape index (κ2) is 36.8. The molecule has 0 rings (SSSR count). The Morgan fingerprint density at radius 3 is 1.42 bits per heavy atom. The van der Waals surface area contributed by atoms with E-state index in [0.717, 1.165) is 51.4 Å². The Labute approximate surface area is 309 Å². The molecule has 0 aromatic heterocycles. The van der Waals surface area contributed by atoms with Crippen LogP contribution < -0.4 is 5.32 Å². The Morgan fingerprint density at radius 1 is 0.540 bits per heavy atom. The highest BCUT2D eigenvalue weighted by Gasteiger charge is 2.24. The molecule has 7 heteroatoms. The SMILES string of the molecule is CCCCC/C=C\C/C=C\CCCCCCCCCC(=O)NC(CS(=O)(=O)O)C(O)/C=C/CC/C=C/CC/C=C/CCCCCCCCCC. The third-order valence-electron chi connectivity index (χ3n) is 8.89. The summed E-state index contributed by atoms with van der Waals surface area (Å²) in [6.07, 6.45) is 50.6. The van der Waals surface area contributed by atoms with Crippen molar-refractivity contribution in [2.45, 2.75) is 199 Å². The van der Waals surface area contributed by atoms with Crippen molar-refractivity contribution >= 4 is 16.0 Å². The summed E-state index contributed by atoms with van der Waals surface area (Å²) < 4.78 is 32.5. The first-order valence-corrected chi connectivity index (χ1v) is 22.1. The second-order valence-corrected chi connectivity index (χ2v) is 15.4. The number of aliphatic hydroxyl groups excluding tert-OH is 1. The van der Waals surface area contributed by atoms with Crippen molar-refractivity contribution in [2.24, 2.45) is 0 Å². The van der Waals surface area contributed by atoms with Crippen LogP contribution in [0.3, 0.4) is 0 Å². The van der Waals surface area contributed by atoms with Gasteiger partial charge >= 0.3 is 0 Å². The summed E-state index contributed by atoms with van der Waals surface area (Å²) in [7, 11) is -4.36. The van der Waals surface area contributed by atoms with Crippen molar-refractivity contribution in [3.8, 4) is 0 Å². The summed E-state index contributed by atoms with van der Waals surface area (Å²) in [5, 5.41) is 13.2. The summed E-state index contributed by atoms with van der Waals surface area (Å²) in [6, 6.07) is -1.09. The van der Waals surface area contributed by atoms with E-state index in [9.17, 15) is 22.9 Å². The van der Waals surface area contributed by atoms with E-state index in [1.54, 1.807) is 6.08 Å². The van der Waals surface area contributed by atoms with E-state index in [2.05, 4.69) is 67.8 Å². The van der Waals surface area contributed by atoms with E-state index in [1.807, 2.05) is 0 Å². The molecule has 3 N–H and O–H groups in total. The summed E-state index contributed by atoms with van der Waals surface area (Å²) in [4.78, 5) is 12.5. The number of carbonyl (C=O) groups is 1. The van der Waals surface area contributed by atoms with Crippen LogP contribution in [-0.2, 0) is 14.9 Å². The van der Waals surface area contributed by atoms with Crippen molar-refractivity contribution in [1.82, 2.24) is 5.32 Å². The Kier molecular flexibility index (Phi) is 35.4. The maximum Gasteiger partial charge on any atom is 0.267 e. The molecule has 0 aliphatic rings. The van der Waals surface area contributed by atoms with Crippen LogP contribution in [-0.4, -0.2) is 41.9 Å². The predicted octanol–water partition coefficient (Wildman–Crippen LogP) is 12.1. The first kappa shape index (κ1) is 48.0. The molecule has 2 unspecified atom stereocenters. The fourth-order valence-corrected chi connectivity index (χ4v) is 6.54. The van der Waals surface area contributed by atoms with Crippen molar-refractivity contribution in [2.75, 3.05) is 5.75 Å². The van der Waals surface area contributed by atoms with Gasteiger partial charge in [-0.1, -0.05) is 164 Å². The van der Waals surface area contributed by atoms with Gasteiger partial charge in [0, 0.05) is 6.42 Å². The van der Waals surface area contributed by atoms with Gasteiger partial charge in [0.25, 0.3) is 10.1 Å². The smallest absolute Gasteiger partial charge is 0.267 e. The molecule has 0 aromatic rings. The number of allylic oxidation sites excluding steroid dienone is 9. The molecule has 0 aliphatic heterocycles. The highest BCUT2D eigenvalue weighted by atomic mass is 32.2. The van der Waals surface area contributed by atoms with Crippen LogP contribution in [0.4, 0.5) is 0 Å². The van der Waals surface area contributed by atoms with Crippen LogP contribution in [0.15, 0.2) is 60.8 Å². The number of carbonyl (C=O) groups excluding carboxylic acids is 1. The average molecular weight is 720 g/mol. The number of amides is 1. The summed E-state index contributed by atoms with van der Waals surface area (Å²) in [6.45, 7) is 4.49. The zero-order valence-corrected chi connectivity index (χ0v) is 33.1. The maximum atomic E-state index is 12.5. The summed E-state index contributed by atoms with van der Waals surface area (Å²) in [5.41, 5.74) is 0. The molecule has 1 amide bonds. The molecule has 0 fully saturated rings. The summed E-state index contributed by atoms with van der Waals surface area (Å²) >= 11 is 0. The standard InChI is InChI=1S/C43H77NO5S/c1-3-5-7-9-11-13-15-17-19-21-23-24-26-28-30-32-34-36-38-42(45)41(40-50(47,48)49)44-43(46)39-37-35-33-31-29-27-25-22-20-18-16-14-12-10-8-6-4-2/h12,14,18,20-21,23,28,30,36,38,41-42,45H,3-11,13,15-17,19,22,24-27,29,31-35,37,39-40H2,1-2H3,(H,44,46)(H,47,48,49)/b14-12-,20-18-,23-21+,30-28+,38-36+. The fourth-order valence-electron chi connectivity index (χ4n) is 5.80. The Morgan fingerprint density at radius 2 is 0.920 bits per heavy atom. The molecule has 0 spiro atoms. The molecule has 0 aliphatic carbocycles. The van der Waals surface area contributed by atoms with Gasteiger partial charge in [-0.2, -0.15) is 8.42 Å². The van der Waals surface area contributed by atoms with Gasteiger partial charge in [0.15, 0.2) is 0 Å². The predicted molar refractivity (Wildman–Crippen MR) is 216 cm³/mol. The van der Waals surface area contributed by atoms with Gasteiger partial charge in [0.2, 0.25) is 5.91 Å². The van der Waals surface area contributed by atoms with E-state index in [4.69, 9.17) is 0 Å². The van der Waals surface area contributed by atoms with Gasteiger partial charge in [0.1, 0.15) is 0 Å². The Balaban J connectivity index is 4.03. The quantitative estimate of drug-likeness (QED) is 0.0340. The molecular weight excluding hydrogens is 643 g/mol. The number of unbranched alkanes of at least 4 members (excludes halogenated alkanes) is 20. The minimum atomic E-state index is -4.36. The summed E-state index contributed by atoms with van der Waals surface area (Å²) in [5.74, 6) is -1.02. The molecule has 0 saturated heterocycles. The van der Waals surface area contributed by atoms with E-state index >= 15 is 0 Å². The highest BCUT2D eigenvalue weighted by molar-refractivity contribution is 7.85. The third-order valence-corrected chi connectivity index (χ3v) is 9.67. The van der Waals surface area contributed by atoms with Crippen LogP contribution in [0, 0.1) is 0 Å². The van der Waals surface area contributed by atoms with Gasteiger partial charge in [-0.3, -0.25) is 9.35 Å². The van der Waals surface area contributed by atoms with Crippen LogP contribution in [0.1, 0.15) is 187 Å². The first-order valence-electron chi connectivity index (χ1n) is 20.5. The highest BCUT2D eigenvalue weighted by Crippen LogP contribution is 2.12. The van der Waals surface area contributed by atoms with Crippen LogP contribution in [0.2, 0.25) is 0 Å². The molecule has 0 saturated carbocycles. The molecule has 0 aromatic carbocycles. The third kappa shape index (κ3) is 37.3. The molecule has 50 heavy (non-hydrogen) atoms. The number of hydrogen-bond donors (Lipinski definition) is 3. The van der Waals surface area contributed by atoms with Gasteiger partial charge in [0.05, 0.1) is 17.9 Å². The van der Waals surface area contributed by atoms with Crippen molar-refractivity contribution in [3.63, 3.8) is 0 Å². The van der Waals surface area contributed by atoms with Gasteiger partial charge < -0.3 is 10.4 Å². The second-order valence-electron chi connectivity index (χ2n) is 13.9. The Bertz CT molecular complexity index is 1010. The lowest BCUT2D eigenvalue weighted by Gasteiger charge is -2.21. The molecular formula is C43H77NO5S. The topological polar surface area (TPSA) is 104 Å². The lowest BCUT2D eigenvalue weighted by Crippen LogP contribution is -2.46. The monoisotopic (exact) mass is 720 g/mol. The molecule has 2 atom stereocenters. The molecule has 0 heterocycles. The van der Waals surface area contributed by atoms with Crippen LogP contribution in [0.25, 0.3) is 0 Å². The molecule has 6 nitrogen and oxygen atoms in total. The zero-order valence-electron chi connectivity index (χ0n) is 32.3. The molecule has 0 radical (unpaired) electrons. The fraction of sp³-hybridized carbons (Fsp3) is 0.744. The first-order chi connectivity index (χ1) is 24.3. The van der Waals surface area contributed by atoms with E-state index in [-0.39, 0.29) is 12.3 Å². The largest absolute Gasteiger partial charge is 0.387 e. The number of aliphatic hydroxyl groups is 1. The van der Waals surface area contributed by atoms with E-state index in [0.29, 0.717) is 12.8 Å². The normalized spacial score (nSPS) is 13.9. The number of nitrogens with one attached hydrogen (secondary N) is 1. The van der Waals surface area contributed by atoms with Gasteiger partial charge in [-0.05, 0) is 77.0 Å². The minimum Gasteiger partial charge on any atom is -0.387 e. The maximum absolute atomic E-state index is 12.5. The Hall–Kier alpha value is -1.96. The molecule has 290 valence electrons. The van der Waals surface area contributed by atoms with Crippen LogP contribution >= 0.6 is 0 Å². The van der Waals surface area contributed by atoms with Crippen LogP contribution in [0.5, 0.6) is 0 Å². The number of hydrogen-bond acceptors (Lipinski definition) is 4.